The Bertz CT molecular complexity index is 360. The number of hydrogen-bond donors (Lipinski definition) is 2. The van der Waals surface area contributed by atoms with E-state index in [0.717, 1.165) is 25.8 Å². The molecule has 0 radical (unpaired) electrons. The van der Waals surface area contributed by atoms with Crippen LogP contribution in [0.1, 0.15) is 19.3 Å². The van der Waals surface area contributed by atoms with E-state index in [1.54, 1.807) is 0 Å². The van der Waals surface area contributed by atoms with E-state index in [0.29, 0.717) is 5.69 Å². The highest BCUT2D eigenvalue weighted by atomic mass is 19.1. The van der Waals surface area contributed by atoms with Crippen LogP contribution in [0.3, 0.4) is 0 Å². The van der Waals surface area contributed by atoms with Crippen LogP contribution < -0.4 is 10.6 Å². The standard InChI is InChI=1S/C11H14FN3O/c12-10-5-4-8(7-14-10)15-11(16)9-3-1-2-6-13-9/h4-5,7,9,13H,1-3,6H2,(H,15,16)/t9-/m0/s1. The van der Waals surface area contributed by atoms with Crippen molar-refractivity contribution in [3.8, 4) is 0 Å². The third kappa shape index (κ3) is 2.76. The molecule has 0 bridgehead atoms. The number of amides is 1. The highest BCUT2D eigenvalue weighted by Crippen LogP contribution is 2.10. The van der Waals surface area contributed by atoms with Crippen LogP contribution in [0, 0.1) is 5.95 Å². The molecule has 0 spiro atoms. The third-order valence-electron chi connectivity index (χ3n) is 2.62. The van der Waals surface area contributed by atoms with Gasteiger partial charge in [-0.3, -0.25) is 4.79 Å². The Kier molecular flexibility index (Phi) is 3.46. The van der Waals surface area contributed by atoms with Gasteiger partial charge in [-0.2, -0.15) is 4.39 Å². The van der Waals surface area contributed by atoms with Crippen molar-refractivity contribution in [2.45, 2.75) is 25.3 Å². The van der Waals surface area contributed by atoms with Gasteiger partial charge in [0.1, 0.15) is 0 Å². The van der Waals surface area contributed by atoms with Crippen LogP contribution >= 0.6 is 0 Å². The van der Waals surface area contributed by atoms with Crippen molar-refractivity contribution >= 4 is 11.6 Å². The lowest BCUT2D eigenvalue weighted by Crippen LogP contribution is -2.43. The van der Waals surface area contributed by atoms with E-state index in [9.17, 15) is 9.18 Å². The monoisotopic (exact) mass is 223 g/mol. The summed E-state index contributed by atoms with van der Waals surface area (Å²) < 4.78 is 12.5. The van der Waals surface area contributed by atoms with Gasteiger partial charge in [-0.15, -0.1) is 0 Å². The minimum absolute atomic E-state index is 0.0758. The van der Waals surface area contributed by atoms with Gasteiger partial charge in [0.25, 0.3) is 0 Å². The number of rotatable bonds is 2. The number of nitrogens with one attached hydrogen (secondary N) is 2. The number of piperidine rings is 1. The van der Waals surface area contributed by atoms with Gasteiger partial charge < -0.3 is 10.6 Å². The Labute approximate surface area is 93.3 Å². The van der Waals surface area contributed by atoms with Crippen molar-refractivity contribution in [2.24, 2.45) is 0 Å². The minimum atomic E-state index is -0.547. The van der Waals surface area contributed by atoms with Crippen molar-refractivity contribution in [3.63, 3.8) is 0 Å². The van der Waals surface area contributed by atoms with Crippen LogP contribution in [0.25, 0.3) is 0 Å². The van der Waals surface area contributed by atoms with Gasteiger partial charge in [0.2, 0.25) is 11.9 Å². The Morgan fingerprint density at radius 2 is 2.38 bits per heavy atom. The molecule has 1 aliphatic heterocycles. The summed E-state index contributed by atoms with van der Waals surface area (Å²) >= 11 is 0. The van der Waals surface area contributed by atoms with E-state index < -0.39 is 5.95 Å². The van der Waals surface area contributed by atoms with Crippen LogP contribution in [0.15, 0.2) is 18.3 Å². The summed E-state index contributed by atoms with van der Waals surface area (Å²) in [7, 11) is 0. The zero-order valence-electron chi connectivity index (χ0n) is 8.87. The number of carbonyl (C=O) groups excluding carboxylic acids is 1. The SMILES string of the molecule is O=C(Nc1ccc(F)nc1)[C@@H]1CCCCN1. The van der Waals surface area contributed by atoms with Crippen molar-refractivity contribution in [2.75, 3.05) is 11.9 Å². The number of halogens is 1. The van der Waals surface area contributed by atoms with E-state index >= 15 is 0 Å². The maximum atomic E-state index is 12.5. The molecule has 1 amide bonds. The fraction of sp³-hybridized carbons (Fsp3) is 0.455. The topological polar surface area (TPSA) is 54.0 Å². The molecule has 4 nitrogen and oxygen atoms in total. The van der Waals surface area contributed by atoms with Crippen LogP contribution in [-0.2, 0) is 4.79 Å². The van der Waals surface area contributed by atoms with Gasteiger partial charge >= 0.3 is 0 Å². The normalized spacial score (nSPS) is 20.4. The van der Waals surface area contributed by atoms with Crippen molar-refractivity contribution in [1.29, 1.82) is 0 Å². The van der Waals surface area contributed by atoms with E-state index in [1.807, 2.05) is 0 Å². The van der Waals surface area contributed by atoms with Crippen LogP contribution in [0.5, 0.6) is 0 Å². The van der Waals surface area contributed by atoms with Crippen molar-refractivity contribution < 1.29 is 9.18 Å². The van der Waals surface area contributed by atoms with E-state index in [2.05, 4.69) is 15.6 Å². The van der Waals surface area contributed by atoms with Gasteiger partial charge in [-0.25, -0.2) is 4.98 Å². The minimum Gasteiger partial charge on any atom is -0.323 e. The lowest BCUT2D eigenvalue weighted by Gasteiger charge is -2.22. The number of hydrogen-bond acceptors (Lipinski definition) is 3. The molecule has 2 rings (SSSR count). The smallest absolute Gasteiger partial charge is 0.241 e. The quantitative estimate of drug-likeness (QED) is 0.743. The van der Waals surface area contributed by atoms with E-state index in [4.69, 9.17) is 0 Å². The summed E-state index contributed by atoms with van der Waals surface area (Å²) in [4.78, 5) is 15.2. The molecule has 1 saturated heterocycles. The first-order chi connectivity index (χ1) is 7.75. The second-order valence-electron chi connectivity index (χ2n) is 3.86. The van der Waals surface area contributed by atoms with Gasteiger partial charge in [0.15, 0.2) is 0 Å². The highest BCUT2D eigenvalue weighted by molar-refractivity contribution is 5.94. The first kappa shape index (κ1) is 11.0. The molecule has 0 aliphatic carbocycles. The van der Waals surface area contributed by atoms with Gasteiger partial charge in [-0.1, -0.05) is 6.42 Å². The molecule has 16 heavy (non-hydrogen) atoms. The van der Waals surface area contributed by atoms with Crippen molar-refractivity contribution in [3.05, 3.63) is 24.3 Å². The van der Waals surface area contributed by atoms with E-state index in [-0.39, 0.29) is 11.9 Å². The second kappa shape index (κ2) is 5.03. The molecule has 1 aromatic rings. The Morgan fingerprint density at radius 3 is 3.00 bits per heavy atom. The maximum Gasteiger partial charge on any atom is 0.241 e. The van der Waals surface area contributed by atoms with Gasteiger partial charge in [0, 0.05) is 0 Å². The molecule has 1 aromatic heterocycles. The average molecular weight is 223 g/mol. The molecular formula is C11H14FN3O. The van der Waals surface area contributed by atoms with Gasteiger partial charge in [-0.05, 0) is 31.5 Å². The zero-order valence-corrected chi connectivity index (χ0v) is 8.87. The van der Waals surface area contributed by atoms with Crippen LogP contribution in [0.4, 0.5) is 10.1 Å². The molecule has 2 N–H and O–H groups in total. The van der Waals surface area contributed by atoms with Gasteiger partial charge in [0.05, 0.1) is 17.9 Å². The molecule has 86 valence electrons. The predicted molar refractivity (Wildman–Crippen MR) is 58.5 cm³/mol. The van der Waals surface area contributed by atoms with E-state index in [1.165, 1.54) is 18.3 Å². The number of aromatic nitrogens is 1. The molecular weight excluding hydrogens is 209 g/mol. The molecule has 0 saturated carbocycles. The number of nitrogens with zero attached hydrogens (tertiary/aromatic N) is 1. The maximum absolute atomic E-state index is 12.5. The molecule has 1 fully saturated rings. The predicted octanol–water partition coefficient (Wildman–Crippen LogP) is 1.30. The number of pyridine rings is 1. The first-order valence-electron chi connectivity index (χ1n) is 5.41. The van der Waals surface area contributed by atoms with Crippen LogP contribution in [-0.4, -0.2) is 23.5 Å². The summed E-state index contributed by atoms with van der Waals surface area (Å²) in [5, 5.41) is 5.85. The summed E-state index contributed by atoms with van der Waals surface area (Å²) in [5.74, 6) is -0.623. The fourth-order valence-corrected chi connectivity index (χ4v) is 1.75. The Hall–Kier alpha value is -1.49. The lowest BCUT2D eigenvalue weighted by atomic mass is 10.0. The highest BCUT2D eigenvalue weighted by Gasteiger charge is 2.20. The molecule has 5 heteroatoms. The largest absolute Gasteiger partial charge is 0.323 e. The third-order valence-corrected chi connectivity index (χ3v) is 2.62. The molecule has 2 heterocycles. The summed E-state index contributed by atoms with van der Waals surface area (Å²) in [6, 6.07) is 2.59. The molecule has 1 aliphatic rings. The summed E-state index contributed by atoms with van der Waals surface area (Å²) in [6.45, 7) is 0.875. The zero-order chi connectivity index (χ0) is 11.4. The average Bonchev–Trinajstić information content (AvgIpc) is 2.33. The Balaban J connectivity index is 1.93. The number of carbonyl (C=O) groups is 1. The molecule has 1 atom stereocenters. The van der Waals surface area contributed by atoms with Crippen molar-refractivity contribution in [1.82, 2.24) is 10.3 Å². The second-order valence-corrected chi connectivity index (χ2v) is 3.86. The molecule has 0 unspecified atom stereocenters. The Morgan fingerprint density at radius 1 is 1.50 bits per heavy atom. The number of anilines is 1. The first-order valence-corrected chi connectivity index (χ1v) is 5.41. The summed E-state index contributed by atoms with van der Waals surface area (Å²) in [6.07, 6.45) is 4.34. The molecule has 0 aromatic carbocycles. The lowest BCUT2D eigenvalue weighted by molar-refractivity contribution is -0.118. The fourth-order valence-electron chi connectivity index (χ4n) is 1.75. The summed E-state index contributed by atoms with van der Waals surface area (Å²) in [5.41, 5.74) is 0.527. The van der Waals surface area contributed by atoms with Crippen LogP contribution in [0.2, 0.25) is 0 Å².